The number of nitrogens with one attached hydrogen (secondary N) is 2. The van der Waals surface area contributed by atoms with Crippen LogP contribution in [0.2, 0.25) is 0 Å². The first-order valence-electron chi connectivity index (χ1n) is 9.71. The lowest BCUT2D eigenvalue weighted by Crippen LogP contribution is -2.15. The van der Waals surface area contributed by atoms with Crippen LogP contribution in [-0.2, 0) is 6.61 Å². The van der Waals surface area contributed by atoms with Crippen molar-refractivity contribution in [3.63, 3.8) is 0 Å². The van der Waals surface area contributed by atoms with Crippen molar-refractivity contribution in [1.82, 2.24) is 24.6 Å². The van der Waals surface area contributed by atoms with Crippen molar-refractivity contribution in [2.45, 2.75) is 12.7 Å². The number of rotatable bonds is 6. The van der Waals surface area contributed by atoms with Crippen LogP contribution in [0, 0.1) is 5.82 Å². The first-order chi connectivity index (χ1) is 15.1. The molecule has 156 valence electrons. The van der Waals surface area contributed by atoms with Crippen LogP contribution >= 0.6 is 0 Å². The fraction of sp³-hybridized carbons (Fsp3) is 0.136. The molecule has 9 heteroatoms. The monoisotopic (exact) mass is 418 g/mol. The molecule has 1 aromatic carbocycles. The average Bonchev–Trinajstić information content (AvgIpc) is 3.41. The second-order valence-corrected chi connectivity index (χ2v) is 7.17. The van der Waals surface area contributed by atoms with E-state index in [0.717, 1.165) is 22.7 Å². The van der Waals surface area contributed by atoms with Crippen molar-refractivity contribution < 1.29 is 14.6 Å². The topological polar surface area (TPSA) is 111 Å². The van der Waals surface area contributed by atoms with Crippen LogP contribution in [0.4, 0.5) is 10.2 Å². The number of benzene rings is 1. The van der Waals surface area contributed by atoms with Gasteiger partial charge in [-0.25, -0.2) is 9.37 Å². The molecule has 0 aliphatic heterocycles. The Morgan fingerprint density at radius 2 is 2.03 bits per heavy atom. The third-order valence-electron chi connectivity index (χ3n) is 5.17. The Morgan fingerprint density at radius 3 is 2.87 bits per heavy atom. The molecule has 0 unspecified atom stereocenters. The number of para-hydroxylation sites is 1. The van der Waals surface area contributed by atoms with E-state index in [-0.39, 0.29) is 13.2 Å². The summed E-state index contributed by atoms with van der Waals surface area (Å²) in [5.41, 5.74) is 3.66. The van der Waals surface area contributed by atoms with Crippen molar-refractivity contribution in [3.05, 3.63) is 78.1 Å². The van der Waals surface area contributed by atoms with Gasteiger partial charge in [0.15, 0.2) is 5.65 Å². The number of H-pyrrole nitrogens is 1. The molecule has 5 aromatic rings. The van der Waals surface area contributed by atoms with Gasteiger partial charge in [0.1, 0.15) is 11.6 Å². The van der Waals surface area contributed by atoms with Crippen molar-refractivity contribution in [2.75, 3.05) is 11.9 Å². The molecule has 4 N–H and O–H groups in total. The Kier molecular flexibility index (Phi) is 4.81. The SMILES string of the molecule is OCc1cnn2c(NC[C@H](O)c3c[nH]c4ccccc34)cc(-c3cncc(F)c3)nc12. The summed E-state index contributed by atoms with van der Waals surface area (Å²) in [7, 11) is 0. The Morgan fingerprint density at radius 1 is 1.16 bits per heavy atom. The molecule has 4 aromatic heterocycles. The maximum absolute atomic E-state index is 13.7. The van der Waals surface area contributed by atoms with Crippen molar-refractivity contribution >= 4 is 22.4 Å². The number of hydrogen-bond donors (Lipinski definition) is 4. The minimum atomic E-state index is -0.786. The normalized spacial score (nSPS) is 12.5. The maximum Gasteiger partial charge on any atom is 0.163 e. The number of pyridine rings is 1. The Labute approximate surface area is 176 Å². The van der Waals surface area contributed by atoms with Crippen LogP contribution in [0.25, 0.3) is 27.8 Å². The van der Waals surface area contributed by atoms with Crippen molar-refractivity contribution in [1.29, 1.82) is 0 Å². The van der Waals surface area contributed by atoms with E-state index in [0.29, 0.717) is 28.3 Å². The number of fused-ring (bicyclic) bond motifs is 2. The summed E-state index contributed by atoms with van der Waals surface area (Å²) in [6, 6.07) is 10.8. The zero-order valence-electron chi connectivity index (χ0n) is 16.3. The van der Waals surface area contributed by atoms with E-state index in [9.17, 15) is 14.6 Å². The molecule has 0 aliphatic carbocycles. The summed E-state index contributed by atoms with van der Waals surface area (Å²) >= 11 is 0. The third-order valence-corrected chi connectivity index (χ3v) is 5.17. The lowest BCUT2D eigenvalue weighted by Gasteiger charge is -2.14. The van der Waals surface area contributed by atoms with E-state index < -0.39 is 11.9 Å². The minimum Gasteiger partial charge on any atom is -0.391 e. The highest BCUT2D eigenvalue weighted by Gasteiger charge is 2.16. The third kappa shape index (κ3) is 3.49. The van der Waals surface area contributed by atoms with Gasteiger partial charge in [0, 0.05) is 52.6 Å². The summed E-state index contributed by atoms with van der Waals surface area (Å²) in [5, 5.41) is 28.9. The molecule has 5 rings (SSSR count). The van der Waals surface area contributed by atoms with Gasteiger partial charge in [-0.05, 0) is 12.1 Å². The first-order valence-corrected chi connectivity index (χ1v) is 9.71. The minimum absolute atomic E-state index is 0.204. The number of aromatic amines is 1. The van der Waals surface area contributed by atoms with Gasteiger partial charge in [0.25, 0.3) is 0 Å². The van der Waals surface area contributed by atoms with Gasteiger partial charge < -0.3 is 20.5 Å². The molecule has 0 amide bonds. The van der Waals surface area contributed by atoms with E-state index >= 15 is 0 Å². The molecule has 0 saturated heterocycles. The standard InChI is InChI=1S/C22H19FN6O2/c23-15-5-13(7-24-9-15)19-6-21(29-22(28-19)14(12-30)8-27-29)26-11-20(31)17-10-25-18-4-2-1-3-16(17)18/h1-10,20,25-26,30-31H,11-12H2/t20-/m0/s1. The van der Waals surface area contributed by atoms with Crippen LogP contribution in [0.15, 0.2) is 61.2 Å². The first kappa shape index (κ1) is 19.2. The molecule has 0 saturated carbocycles. The summed E-state index contributed by atoms with van der Waals surface area (Å²) in [6.07, 6.45) is 5.17. The van der Waals surface area contributed by atoms with Gasteiger partial charge >= 0.3 is 0 Å². The summed E-state index contributed by atoms with van der Waals surface area (Å²) in [4.78, 5) is 11.6. The van der Waals surface area contributed by atoms with Gasteiger partial charge in [-0.3, -0.25) is 4.98 Å². The van der Waals surface area contributed by atoms with Crippen LogP contribution in [-0.4, -0.2) is 41.3 Å². The molecular formula is C22H19FN6O2. The van der Waals surface area contributed by atoms with Gasteiger partial charge in [-0.2, -0.15) is 9.61 Å². The van der Waals surface area contributed by atoms with E-state index in [2.05, 4.69) is 25.4 Å². The quantitative estimate of drug-likeness (QED) is 0.337. The van der Waals surface area contributed by atoms with Crippen molar-refractivity contribution in [2.24, 2.45) is 0 Å². The Hall–Kier alpha value is -3.82. The maximum atomic E-state index is 13.7. The molecule has 1 atom stereocenters. The number of anilines is 1. The predicted octanol–water partition coefficient (Wildman–Crippen LogP) is 3.05. The largest absolute Gasteiger partial charge is 0.391 e. The zero-order chi connectivity index (χ0) is 21.4. The molecule has 4 heterocycles. The molecule has 0 aliphatic rings. The summed E-state index contributed by atoms with van der Waals surface area (Å²) < 4.78 is 15.2. The summed E-state index contributed by atoms with van der Waals surface area (Å²) in [5.74, 6) is 0.0715. The molecule has 0 spiro atoms. The fourth-order valence-corrected chi connectivity index (χ4v) is 3.63. The fourth-order valence-electron chi connectivity index (χ4n) is 3.63. The number of aromatic nitrogens is 5. The van der Waals surface area contributed by atoms with Crippen LogP contribution in [0.1, 0.15) is 17.2 Å². The van der Waals surface area contributed by atoms with Crippen LogP contribution < -0.4 is 5.32 Å². The smallest absolute Gasteiger partial charge is 0.163 e. The lowest BCUT2D eigenvalue weighted by atomic mass is 10.1. The zero-order valence-corrected chi connectivity index (χ0v) is 16.3. The predicted molar refractivity (Wildman–Crippen MR) is 114 cm³/mol. The number of aliphatic hydroxyl groups is 2. The second-order valence-electron chi connectivity index (χ2n) is 7.17. The van der Waals surface area contributed by atoms with E-state index in [4.69, 9.17) is 0 Å². The number of aliphatic hydroxyl groups excluding tert-OH is 2. The summed E-state index contributed by atoms with van der Waals surface area (Å²) in [6.45, 7) is -0.0329. The number of nitrogens with zero attached hydrogens (tertiary/aromatic N) is 4. The molecule has 0 fully saturated rings. The molecule has 0 bridgehead atoms. The lowest BCUT2D eigenvalue weighted by molar-refractivity contribution is 0.193. The van der Waals surface area contributed by atoms with Crippen molar-refractivity contribution in [3.8, 4) is 11.3 Å². The van der Waals surface area contributed by atoms with E-state index in [1.54, 1.807) is 16.8 Å². The van der Waals surface area contributed by atoms with E-state index in [1.807, 2.05) is 24.3 Å². The Bertz CT molecular complexity index is 1380. The molecule has 0 radical (unpaired) electrons. The molecular weight excluding hydrogens is 399 g/mol. The van der Waals surface area contributed by atoms with Gasteiger partial charge in [-0.1, -0.05) is 18.2 Å². The van der Waals surface area contributed by atoms with Crippen LogP contribution in [0.3, 0.4) is 0 Å². The van der Waals surface area contributed by atoms with Gasteiger partial charge in [0.05, 0.1) is 30.8 Å². The highest BCUT2D eigenvalue weighted by atomic mass is 19.1. The molecule has 31 heavy (non-hydrogen) atoms. The van der Waals surface area contributed by atoms with Gasteiger partial charge in [-0.15, -0.1) is 0 Å². The highest BCUT2D eigenvalue weighted by molar-refractivity contribution is 5.83. The van der Waals surface area contributed by atoms with Crippen LogP contribution in [0.5, 0.6) is 0 Å². The number of halogens is 1. The second kappa shape index (κ2) is 7.78. The van der Waals surface area contributed by atoms with E-state index in [1.165, 1.54) is 18.5 Å². The number of hydrogen-bond acceptors (Lipinski definition) is 6. The average molecular weight is 418 g/mol. The highest BCUT2D eigenvalue weighted by Crippen LogP contribution is 2.27. The Balaban J connectivity index is 1.50. The molecule has 8 nitrogen and oxygen atoms in total. The van der Waals surface area contributed by atoms with Gasteiger partial charge in [0.2, 0.25) is 0 Å².